The molecule has 1 unspecified atom stereocenters. The fourth-order valence-electron chi connectivity index (χ4n) is 2.07. The number of hydrogen-bond acceptors (Lipinski definition) is 2. The molecule has 21 heavy (non-hydrogen) atoms. The standard InChI is InChI=1S/C17H18BrNO2/c1-11-7-8-15(16(18)9-11)17(20)19-12(2)13-5-4-6-14(10-13)21-3/h4-10,12H,1-3H3,(H,19,20). The molecule has 0 aliphatic rings. The second kappa shape index (κ2) is 6.76. The van der Waals surface area contributed by atoms with Crippen LogP contribution in [0.15, 0.2) is 46.9 Å². The lowest BCUT2D eigenvalue weighted by atomic mass is 10.1. The molecule has 2 aromatic carbocycles. The van der Waals surface area contributed by atoms with Crippen LogP contribution < -0.4 is 10.1 Å². The van der Waals surface area contributed by atoms with Gasteiger partial charge in [-0.15, -0.1) is 0 Å². The van der Waals surface area contributed by atoms with Gasteiger partial charge in [-0.05, 0) is 65.2 Å². The van der Waals surface area contributed by atoms with Crippen molar-refractivity contribution in [1.82, 2.24) is 5.32 Å². The predicted octanol–water partition coefficient (Wildman–Crippen LogP) is 4.26. The Kier molecular flexibility index (Phi) is 5.02. The SMILES string of the molecule is COc1cccc(C(C)NC(=O)c2ccc(C)cc2Br)c1. The summed E-state index contributed by atoms with van der Waals surface area (Å²) in [5, 5.41) is 3.00. The van der Waals surface area contributed by atoms with Gasteiger partial charge in [0.25, 0.3) is 5.91 Å². The van der Waals surface area contributed by atoms with Crippen LogP contribution >= 0.6 is 15.9 Å². The summed E-state index contributed by atoms with van der Waals surface area (Å²) >= 11 is 3.44. The second-order valence-electron chi connectivity index (χ2n) is 4.96. The molecular weight excluding hydrogens is 330 g/mol. The molecule has 3 nitrogen and oxygen atoms in total. The van der Waals surface area contributed by atoms with Crippen molar-refractivity contribution in [3.8, 4) is 5.75 Å². The number of hydrogen-bond donors (Lipinski definition) is 1. The molecule has 0 fully saturated rings. The molecule has 1 N–H and O–H groups in total. The molecule has 0 saturated heterocycles. The van der Waals surface area contributed by atoms with E-state index < -0.39 is 0 Å². The lowest BCUT2D eigenvalue weighted by Crippen LogP contribution is -2.27. The molecule has 0 aliphatic carbocycles. The van der Waals surface area contributed by atoms with E-state index in [1.165, 1.54) is 0 Å². The average molecular weight is 348 g/mol. The van der Waals surface area contributed by atoms with Gasteiger partial charge in [0.2, 0.25) is 0 Å². The Balaban J connectivity index is 2.14. The molecule has 1 amide bonds. The number of carbonyl (C=O) groups excluding carboxylic acids is 1. The van der Waals surface area contributed by atoms with Gasteiger partial charge in [-0.1, -0.05) is 18.2 Å². The number of aryl methyl sites for hydroxylation is 1. The molecular formula is C17H18BrNO2. The van der Waals surface area contributed by atoms with Crippen molar-refractivity contribution in [1.29, 1.82) is 0 Å². The fourth-order valence-corrected chi connectivity index (χ4v) is 2.75. The highest BCUT2D eigenvalue weighted by Gasteiger charge is 2.14. The van der Waals surface area contributed by atoms with E-state index in [1.807, 2.05) is 56.3 Å². The van der Waals surface area contributed by atoms with E-state index in [0.717, 1.165) is 21.3 Å². The molecule has 110 valence electrons. The molecule has 4 heteroatoms. The van der Waals surface area contributed by atoms with Crippen LogP contribution in [0.2, 0.25) is 0 Å². The highest BCUT2D eigenvalue weighted by atomic mass is 79.9. The number of carbonyl (C=O) groups is 1. The summed E-state index contributed by atoms with van der Waals surface area (Å²) in [5.41, 5.74) is 2.75. The van der Waals surface area contributed by atoms with Crippen molar-refractivity contribution in [2.24, 2.45) is 0 Å². The zero-order valence-electron chi connectivity index (χ0n) is 12.3. The zero-order chi connectivity index (χ0) is 15.4. The monoisotopic (exact) mass is 347 g/mol. The second-order valence-corrected chi connectivity index (χ2v) is 5.81. The number of amides is 1. The molecule has 1 atom stereocenters. The summed E-state index contributed by atoms with van der Waals surface area (Å²) in [6.45, 7) is 3.94. The third kappa shape index (κ3) is 3.85. The van der Waals surface area contributed by atoms with Gasteiger partial charge >= 0.3 is 0 Å². The number of nitrogens with one attached hydrogen (secondary N) is 1. The maximum absolute atomic E-state index is 12.3. The van der Waals surface area contributed by atoms with Crippen molar-refractivity contribution in [2.45, 2.75) is 19.9 Å². The zero-order valence-corrected chi connectivity index (χ0v) is 13.9. The van der Waals surface area contributed by atoms with E-state index in [-0.39, 0.29) is 11.9 Å². The van der Waals surface area contributed by atoms with Crippen LogP contribution in [-0.2, 0) is 0 Å². The first-order chi connectivity index (χ1) is 10.0. The molecule has 2 aromatic rings. The molecule has 0 bridgehead atoms. The predicted molar refractivity (Wildman–Crippen MR) is 87.8 cm³/mol. The molecule has 0 radical (unpaired) electrons. The van der Waals surface area contributed by atoms with Gasteiger partial charge in [-0.25, -0.2) is 0 Å². The van der Waals surface area contributed by atoms with Gasteiger partial charge in [0, 0.05) is 4.47 Å². The smallest absolute Gasteiger partial charge is 0.252 e. The maximum Gasteiger partial charge on any atom is 0.252 e. The van der Waals surface area contributed by atoms with E-state index >= 15 is 0 Å². The largest absolute Gasteiger partial charge is 0.497 e. The van der Waals surface area contributed by atoms with Crippen molar-refractivity contribution in [2.75, 3.05) is 7.11 Å². The quantitative estimate of drug-likeness (QED) is 0.897. The van der Waals surface area contributed by atoms with Crippen LogP contribution in [-0.4, -0.2) is 13.0 Å². The van der Waals surface area contributed by atoms with E-state index in [0.29, 0.717) is 5.56 Å². The van der Waals surface area contributed by atoms with E-state index in [2.05, 4.69) is 21.2 Å². The third-order valence-corrected chi connectivity index (χ3v) is 3.97. The highest BCUT2D eigenvalue weighted by Crippen LogP contribution is 2.21. The van der Waals surface area contributed by atoms with Gasteiger partial charge in [0.1, 0.15) is 5.75 Å². The molecule has 0 saturated carbocycles. The third-order valence-electron chi connectivity index (χ3n) is 3.31. The number of methoxy groups -OCH3 is 1. The van der Waals surface area contributed by atoms with Gasteiger partial charge in [-0.2, -0.15) is 0 Å². The Morgan fingerprint density at radius 3 is 2.67 bits per heavy atom. The summed E-state index contributed by atoms with van der Waals surface area (Å²) in [5.74, 6) is 0.683. The highest BCUT2D eigenvalue weighted by molar-refractivity contribution is 9.10. The molecule has 0 spiro atoms. The lowest BCUT2D eigenvalue weighted by Gasteiger charge is -2.16. The summed E-state index contributed by atoms with van der Waals surface area (Å²) in [6, 6.07) is 13.3. The lowest BCUT2D eigenvalue weighted by molar-refractivity contribution is 0.0939. The fraction of sp³-hybridized carbons (Fsp3) is 0.235. The molecule has 0 aliphatic heterocycles. The topological polar surface area (TPSA) is 38.3 Å². The minimum atomic E-state index is -0.0998. The van der Waals surface area contributed by atoms with Gasteiger partial charge in [0.05, 0.1) is 18.7 Å². The Bertz CT molecular complexity index is 655. The van der Waals surface area contributed by atoms with Gasteiger partial charge in [0.15, 0.2) is 0 Å². The normalized spacial score (nSPS) is 11.8. The van der Waals surface area contributed by atoms with Crippen LogP contribution in [0.4, 0.5) is 0 Å². The Hall–Kier alpha value is -1.81. The Labute approximate surface area is 133 Å². The number of ether oxygens (including phenoxy) is 1. The van der Waals surface area contributed by atoms with Crippen LogP contribution in [0, 0.1) is 6.92 Å². The van der Waals surface area contributed by atoms with E-state index in [4.69, 9.17) is 4.74 Å². The van der Waals surface area contributed by atoms with Crippen LogP contribution in [0.1, 0.15) is 34.5 Å². The maximum atomic E-state index is 12.3. The summed E-state index contributed by atoms with van der Waals surface area (Å²) in [4.78, 5) is 12.3. The van der Waals surface area contributed by atoms with Gasteiger partial charge < -0.3 is 10.1 Å². The first-order valence-corrected chi connectivity index (χ1v) is 7.51. The van der Waals surface area contributed by atoms with Crippen molar-refractivity contribution >= 4 is 21.8 Å². The first kappa shape index (κ1) is 15.6. The summed E-state index contributed by atoms with van der Waals surface area (Å²) in [6.07, 6.45) is 0. The van der Waals surface area contributed by atoms with E-state index in [1.54, 1.807) is 7.11 Å². The molecule has 0 heterocycles. The van der Waals surface area contributed by atoms with Crippen molar-refractivity contribution in [3.05, 3.63) is 63.6 Å². The number of benzene rings is 2. The Morgan fingerprint density at radius 2 is 2.00 bits per heavy atom. The minimum Gasteiger partial charge on any atom is -0.497 e. The molecule has 2 rings (SSSR count). The van der Waals surface area contributed by atoms with Gasteiger partial charge in [-0.3, -0.25) is 4.79 Å². The van der Waals surface area contributed by atoms with E-state index in [9.17, 15) is 4.79 Å². The van der Waals surface area contributed by atoms with Crippen LogP contribution in [0.5, 0.6) is 5.75 Å². The number of rotatable bonds is 4. The summed E-state index contributed by atoms with van der Waals surface area (Å²) in [7, 11) is 1.63. The summed E-state index contributed by atoms with van der Waals surface area (Å²) < 4.78 is 6.01. The van der Waals surface area contributed by atoms with Crippen molar-refractivity contribution < 1.29 is 9.53 Å². The van der Waals surface area contributed by atoms with Crippen LogP contribution in [0.25, 0.3) is 0 Å². The average Bonchev–Trinajstić information content (AvgIpc) is 2.47. The van der Waals surface area contributed by atoms with Crippen molar-refractivity contribution in [3.63, 3.8) is 0 Å². The number of halogens is 1. The minimum absolute atomic E-state index is 0.0965. The molecule has 0 aromatic heterocycles. The Morgan fingerprint density at radius 1 is 1.24 bits per heavy atom. The first-order valence-electron chi connectivity index (χ1n) is 6.72. The van der Waals surface area contributed by atoms with Crippen LogP contribution in [0.3, 0.4) is 0 Å².